The molecule has 2 bridgehead atoms. The number of benzene rings is 2. The first-order chi connectivity index (χ1) is 13.8. The van der Waals surface area contributed by atoms with E-state index in [9.17, 15) is 4.79 Å². The molecule has 2 heterocycles. The van der Waals surface area contributed by atoms with Crippen LogP contribution in [0, 0.1) is 5.92 Å². The lowest BCUT2D eigenvalue weighted by atomic mass is 9.76. The van der Waals surface area contributed by atoms with Crippen LogP contribution < -0.4 is 0 Å². The molecule has 2 aliphatic rings. The lowest BCUT2D eigenvalue weighted by molar-refractivity contribution is -0.127. The highest BCUT2D eigenvalue weighted by atomic mass is 16.1. The van der Waals surface area contributed by atoms with Crippen molar-refractivity contribution in [2.75, 3.05) is 0 Å². The fourth-order valence-corrected chi connectivity index (χ4v) is 5.27. The minimum absolute atomic E-state index is 0.305. The maximum absolute atomic E-state index is 12.9. The van der Waals surface area contributed by atoms with Crippen molar-refractivity contribution in [2.24, 2.45) is 5.92 Å². The van der Waals surface area contributed by atoms with Crippen molar-refractivity contribution in [1.82, 2.24) is 4.90 Å². The van der Waals surface area contributed by atoms with E-state index in [-0.39, 0.29) is 0 Å². The van der Waals surface area contributed by atoms with E-state index in [2.05, 4.69) is 65.6 Å². The maximum atomic E-state index is 12.9. The second kappa shape index (κ2) is 9.52. The zero-order valence-electron chi connectivity index (χ0n) is 16.9. The van der Waals surface area contributed by atoms with E-state index in [0.29, 0.717) is 23.8 Å². The van der Waals surface area contributed by atoms with Gasteiger partial charge in [-0.3, -0.25) is 9.69 Å². The summed E-state index contributed by atoms with van der Waals surface area (Å²) in [6.07, 6.45) is 10.1. The Kier molecular flexibility index (Phi) is 6.59. The number of nitrogens with zero attached hydrogens (tertiary/aromatic N) is 1. The molecular formula is C26H33NO. The number of ketones is 1. The molecule has 0 amide bonds. The average molecular weight is 376 g/mol. The quantitative estimate of drug-likeness (QED) is 0.543. The van der Waals surface area contributed by atoms with Gasteiger partial charge in [0.1, 0.15) is 5.78 Å². The minimum atomic E-state index is 0.305. The van der Waals surface area contributed by atoms with Crippen LogP contribution in [0.1, 0.15) is 62.5 Å². The smallest absolute Gasteiger partial charge is 0.136 e. The Morgan fingerprint density at radius 1 is 0.821 bits per heavy atom. The van der Waals surface area contributed by atoms with Crippen LogP contribution in [-0.4, -0.2) is 22.8 Å². The molecule has 2 heteroatoms. The molecule has 4 rings (SSSR count). The fraction of sp³-hybridized carbons (Fsp3) is 0.500. The molecule has 0 N–H and O–H groups in total. The summed E-state index contributed by atoms with van der Waals surface area (Å²) in [6, 6.07) is 22.7. The fourth-order valence-electron chi connectivity index (χ4n) is 5.27. The van der Waals surface area contributed by atoms with E-state index in [0.717, 1.165) is 45.1 Å². The molecule has 28 heavy (non-hydrogen) atoms. The van der Waals surface area contributed by atoms with Gasteiger partial charge in [0.25, 0.3) is 0 Å². The molecule has 2 atom stereocenters. The summed E-state index contributed by atoms with van der Waals surface area (Å²) in [5.74, 6) is 0.836. The number of piperidine rings is 2. The Hall–Kier alpha value is -1.93. The Bertz CT molecular complexity index is 728. The molecule has 0 aliphatic carbocycles. The van der Waals surface area contributed by atoms with E-state index >= 15 is 0 Å². The third kappa shape index (κ3) is 4.91. The SMILES string of the molecule is O=C(CCCCc1ccccc1)C1CC2CCCC(C1)N2Cc1ccccc1. The predicted octanol–water partition coefficient (Wildman–Crippen LogP) is 5.80. The zero-order valence-corrected chi connectivity index (χ0v) is 16.9. The molecule has 2 fully saturated rings. The van der Waals surface area contributed by atoms with Crippen LogP contribution in [0.3, 0.4) is 0 Å². The third-order valence-electron chi connectivity index (χ3n) is 6.77. The maximum Gasteiger partial charge on any atom is 0.136 e. The first kappa shape index (κ1) is 19.4. The van der Waals surface area contributed by atoms with Crippen LogP contribution in [0.2, 0.25) is 0 Å². The highest BCUT2D eigenvalue weighted by Gasteiger charge is 2.40. The van der Waals surface area contributed by atoms with Gasteiger partial charge in [-0.15, -0.1) is 0 Å². The van der Waals surface area contributed by atoms with E-state index in [1.54, 1.807) is 0 Å². The summed E-state index contributed by atoms with van der Waals surface area (Å²) in [4.78, 5) is 15.6. The van der Waals surface area contributed by atoms with Crippen molar-refractivity contribution >= 4 is 5.78 Å². The number of hydrogen-bond donors (Lipinski definition) is 0. The molecule has 2 nitrogen and oxygen atoms in total. The summed E-state index contributed by atoms with van der Waals surface area (Å²) in [5.41, 5.74) is 2.80. The molecule has 2 unspecified atom stereocenters. The van der Waals surface area contributed by atoms with Crippen LogP contribution in [-0.2, 0) is 17.8 Å². The van der Waals surface area contributed by atoms with Gasteiger partial charge >= 0.3 is 0 Å². The van der Waals surface area contributed by atoms with E-state index in [1.165, 1.54) is 30.4 Å². The van der Waals surface area contributed by atoms with Crippen LogP contribution >= 0.6 is 0 Å². The van der Waals surface area contributed by atoms with Crippen molar-refractivity contribution in [2.45, 2.75) is 76.4 Å². The predicted molar refractivity (Wildman–Crippen MR) is 115 cm³/mol. The Balaban J connectivity index is 1.27. The van der Waals surface area contributed by atoms with E-state index in [1.807, 2.05) is 0 Å². The second-order valence-corrected chi connectivity index (χ2v) is 8.72. The molecule has 0 radical (unpaired) electrons. The van der Waals surface area contributed by atoms with Crippen LogP contribution in [0.5, 0.6) is 0 Å². The summed E-state index contributed by atoms with van der Waals surface area (Å²) < 4.78 is 0. The van der Waals surface area contributed by atoms with E-state index < -0.39 is 0 Å². The topological polar surface area (TPSA) is 20.3 Å². The number of carbonyl (C=O) groups is 1. The molecule has 2 saturated heterocycles. The largest absolute Gasteiger partial charge is 0.299 e. The van der Waals surface area contributed by atoms with Gasteiger partial charge in [-0.05, 0) is 56.1 Å². The summed E-state index contributed by atoms with van der Waals surface area (Å²) in [5, 5.41) is 0. The van der Waals surface area contributed by atoms with Crippen molar-refractivity contribution in [3.8, 4) is 0 Å². The Morgan fingerprint density at radius 3 is 2.07 bits per heavy atom. The standard InChI is InChI=1S/C26H33NO/c28-26(17-8-7-12-21-10-3-1-4-11-21)23-18-24-15-9-16-25(19-23)27(24)20-22-13-5-2-6-14-22/h1-6,10-11,13-14,23-25H,7-9,12,15-20H2. The zero-order chi connectivity index (χ0) is 19.2. The van der Waals surface area contributed by atoms with Crippen LogP contribution in [0.15, 0.2) is 60.7 Å². The van der Waals surface area contributed by atoms with Crippen LogP contribution in [0.4, 0.5) is 0 Å². The van der Waals surface area contributed by atoms with Gasteiger partial charge in [0.05, 0.1) is 0 Å². The number of hydrogen-bond acceptors (Lipinski definition) is 2. The van der Waals surface area contributed by atoms with Gasteiger partial charge in [-0.1, -0.05) is 67.1 Å². The van der Waals surface area contributed by atoms with Crippen molar-refractivity contribution in [1.29, 1.82) is 0 Å². The Labute approximate surface area is 170 Å². The first-order valence-electron chi connectivity index (χ1n) is 11.2. The summed E-state index contributed by atoms with van der Waals surface area (Å²) >= 11 is 0. The van der Waals surface area contributed by atoms with Gasteiger partial charge in [0.2, 0.25) is 0 Å². The minimum Gasteiger partial charge on any atom is -0.299 e. The Morgan fingerprint density at radius 2 is 1.43 bits per heavy atom. The second-order valence-electron chi connectivity index (χ2n) is 8.72. The van der Waals surface area contributed by atoms with E-state index in [4.69, 9.17) is 0 Å². The normalized spacial score (nSPS) is 24.8. The molecule has 0 saturated carbocycles. The lowest BCUT2D eigenvalue weighted by Gasteiger charge is -2.48. The van der Waals surface area contributed by atoms with Gasteiger partial charge in [0, 0.05) is 31.0 Å². The molecule has 148 valence electrons. The number of unbranched alkanes of at least 4 members (excludes halogenated alkanes) is 1. The van der Waals surface area contributed by atoms with Gasteiger partial charge in [0.15, 0.2) is 0 Å². The number of carbonyl (C=O) groups excluding carboxylic acids is 1. The monoisotopic (exact) mass is 375 g/mol. The highest BCUT2D eigenvalue weighted by Crippen LogP contribution is 2.38. The molecule has 2 aliphatic heterocycles. The molecule has 0 aromatic heterocycles. The number of aryl methyl sites for hydroxylation is 1. The number of rotatable bonds is 8. The van der Waals surface area contributed by atoms with Crippen LogP contribution in [0.25, 0.3) is 0 Å². The van der Waals surface area contributed by atoms with Gasteiger partial charge in [-0.25, -0.2) is 0 Å². The molecule has 0 spiro atoms. The summed E-state index contributed by atoms with van der Waals surface area (Å²) in [7, 11) is 0. The number of fused-ring (bicyclic) bond motifs is 2. The highest BCUT2D eigenvalue weighted by molar-refractivity contribution is 5.81. The van der Waals surface area contributed by atoms with Gasteiger partial charge in [-0.2, -0.15) is 0 Å². The van der Waals surface area contributed by atoms with Crippen molar-refractivity contribution < 1.29 is 4.79 Å². The molecular weight excluding hydrogens is 342 g/mol. The van der Waals surface area contributed by atoms with Crippen molar-refractivity contribution in [3.63, 3.8) is 0 Å². The number of Topliss-reactive ketones (excluding diaryl/α,β-unsaturated/α-hetero) is 1. The van der Waals surface area contributed by atoms with Crippen molar-refractivity contribution in [3.05, 3.63) is 71.8 Å². The molecule has 2 aromatic rings. The summed E-state index contributed by atoms with van der Waals surface area (Å²) in [6.45, 7) is 1.05. The molecule has 2 aromatic carbocycles. The van der Waals surface area contributed by atoms with Gasteiger partial charge < -0.3 is 0 Å². The third-order valence-corrected chi connectivity index (χ3v) is 6.77. The first-order valence-corrected chi connectivity index (χ1v) is 11.2. The lowest BCUT2D eigenvalue weighted by Crippen LogP contribution is -2.52. The average Bonchev–Trinajstić information content (AvgIpc) is 2.72.